The number of nitrogens with one attached hydrogen (secondary N) is 2. The van der Waals surface area contributed by atoms with Crippen LogP contribution in [0.5, 0.6) is 11.5 Å². The topological polar surface area (TPSA) is 76.2 Å². The summed E-state index contributed by atoms with van der Waals surface area (Å²) in [6.07, 6.45) is 0. The van der Waals surface area contributed by atoms with Crippen molar-refractivity contribution in [1.82, 2.24) is 15.5 Å². The van der Waals surface area contributed by atoms with Crippen LogP contribution in [0.15, 0.2) is 18.2 Å². The molecule has 1 heterocycles. The van der Waals surface area contributed by atoms with Gasteiger partial charge in [0.2, 0.25) is 0 Å². The highest BCUT2D eigenvalue weighted by Gasteiger charge is 2.19. The van der Waals surface area contributed by atoms with Crippen molar-refractivity contribution in [2.24, 2.45) is 0 Å². The van der Waals surface area contributed by atoms with Gasteiger partial charge in [-0.2, -0.15) is 5.10 Å². The minimum atomic E-state index is -0.552. The lowest BCUT2D eigenvalue weighted by Crippen LogP contribution is -2.27. The average molecular weight is 307 g/mol. The SMILES string of the molecule is COc1cc(F)c([C@@H](C)NC(=O)c2cc(C)[nH]n2)cc1OC. The van der Waals surface area contributed by atoms with Gasteiger partial charge in [0.15, 0.2) is 11.5 Å². The van der Waals surface area contributed by atoms with Gasteiger partial charge >= 0.3 is 0 Å². The number of nitrogens with zero attached hydrogens (tertiary/aromatic N) is 1. The van der Waals surface area contributed by atoms with Crippen molar-refractivity contribution in [3.8, 4) is 11.5 Å². The fourth-order valence-electron chi connectivity index (χ4n) is 2.08. The summed E-state index contributed by atoms with van der Waals surface area (Å²) >= 11 is 0. The van der Waals surface area contributed by atoms with Crippen LogP contribution in [0.3, 0.4) is 0 Å². The highest BCUT2D eigenvalue weighted by molar-refractivity contribution is 5.92. The van der Waals surface area contributed by atoms with E-state index in [0.717, 1.165) is 5.69 Å². The zero-order valence-electron chi connectivity index (χ0n) is 12.9. The molecule has 0 radical (unpaired) electrons. The van der Waals surface area contributed by atoms with E-state index in [-0.39, 0.29) is 11.6 Å². The summed E-state index contributed by atoms with van der Waals surface area (Å²) < 4.78 is 24.3. The number of hydrogen-bond acceptors (Lipinski definition) is 4. The van der Waals surface area contributed by atoms with Crippen molar-refractivity contribution < 1.29 is 18.7 Å². The van der Waals surface area contributed by atoms with Crippen LogP contribution in [-0.4, -0.2) is 30.3 Å². The molecule has 6 nitrogen and oxygen atoms in total. The van der Waals surface area contributed by atoms with Crippen LogP contribution in [0, 0.1) is 12.7 Å². The van der Waals surface area contributed by atoms with E-state index in [0.29, 0.717) is 17.1 Å². The molecule has 0 unspecified atom stereocenters. The minimum Gasteiger partial charge on any atom is -0.493 e. The van der Waals surface area contributed by atoms with Crippen molar-refractivity contribution >= 4 is 5.91 Å². The molecule has 22 heavy (non-hydrogen) atoms. The van der Waals surface area contributed by atoms with Crippen LogP contribution < -0.4 is 14.8 Å². The summed E-state index contributed by atoms with van der Waals surface area (Å²) in [7, 11) is 2.90. The number of carbonyl (C=O) groups is 1. The Morgan fingerprint density at radius 3 is 2.45 bits per heavy atom. The predicted octanol–water partition coefficient (Wildman–Crippen LogP) is 2.37. The smallest absolute Gasteiger partial charge is 0.272 e. The van der Waals surface area contributed by atoms with Crippen LogP contribution in [0.2, 0.25) is 0 Å². The second kappa shape index (κ2) is 6.46. The van der Waals surface area contributed by atoms with Gasteiger partial charge in [-0.15, -0.1) is 0 Å². The summed E-state index contributed by atoms with van der Waals surface area (Å²) in [4.78, 5) is 12.1. The number of hydrogen-bond donors (Lipinski definition) is 2. The van der Waals surface area contributed by atoms with Crippen LogP contribution >= 0.6 is 0 Å². The minimum absolute atomic E-state index is 0.255. The first kappa shape index (κ1) is 15.8. The number of aryl methyl sites for hydroxylation is 1. The third-order valence-electron chi connectivity index (χ3n) is 3.26. The van der Waals surface area contributed by atoms with E-state index < -0.39 is 11.9 Å². The van der Waals surface area contributed by atoms with Crippen molar-refractivity contribution in [3.05, 3.63) is 41.0 Å². The molecule has 0 aliphatic carbocycles. The monoisotopic (exact) mass is 307 g/mol. The number of benzene rings is 1. The number of H-pyrrole nitrogens is 1. The third-order valence-corrected chi connectivity index (χ3v) is 3.26. The summed E-state index contributed by atoms with van der Waals surface area (Å²) in [5.74, 6) is -0.171. The highest BCUT2D eigenvalue weighted by atomic mass is 19.1. The molecule has 0 bridgehead atoms. The van der Waals surface area contributed by atoms with Crippen LogP contribution in [0.1, 0.15) is 34.7 Å². The van der Waals surface area contributed by atoms with Gasteiger partial charge in [0.05, 0.1) is 20.3 Å². The number of methoxy groups -OCH3 is 2. The van der Waals surface area contributed by atoms with Gasteiger partial charge in [-0.25, -0.2) is 4.39 Å². The first-order chi connectivity index (χ1) is 10.5. The third kappa shape index (κ3) is 3.19. The lowest BCUT2D eigenvalue weighted by atomic mass is 10.1. The molecular weight excluding hydrogens is 289 g/mol. The predicted molar refractivity (Wildman–Crippen MR) is 78.7 cm³/mol. The van der Waals surface area contributed by atoms with E-state index in [1.807, 2.05) is 0 Å². The van der Waals surface area contributed by atoms with Crippen molar-refractivity contribution in [1.29, 1.82) is 0 Å². The normalized spacial score (nSPS) is 11.9. The molecule has 0 saturated heterocycles. The Morgan fingerprint density at radius 1 is 1.27 bits per heavy atom. The molecule has 2 N–H and O–H groups in total. The van der Waals surface area contributed by atoms with Gasteiger partial charge in [0.1, 0.15) is 11.5 Å². The summed E-state index contributed by atoms with van der Waals surface area (Å²) in [6, 6.07) is 3.81. The van der Waals surface area contributed by atoms with E-state index in [1.54, 1.807) is 19.9 Å². The number of aromatic amines is 1. The Kier molecular flexibility index (Phi) is 4.65. The molecule has 0 saturated carbocycles. The van der Waals surface area contributed by atoms with Crippen molar-refractivity contribution in [2.45, 2.75) is 19.9 Å². The molecule has 7 heteroatoms. The molecule has 1 atom stereocenters. The standard InChI is InChI=1S/C15H18FN3O3/c1-8-5-12(19-18-8)15(20)17-9(2)10-6-13(21-3)14(22-4)7-11(10)16/h5-7,9H,1-4H3,(H,17,20)(H,18,19)/t9-/m1/s1. The number of carbonyl (C=O) groups excluding carboxylic acids is 1. The molecule has 2 rings (SSSR count). The molecular formula is C15H18FN3O3. The number of amides is 1. The van der Waals surface area contributed by atoms with Crippen molar-refractivity contribution in [2.75, 3.05) is 14.2 Å². The Labute approximate surface area is 127 Å². The molecule has 0 aliphatic heterocycles. The van der Waals surface area contributed by atoms with Gasteiger partial charge < -0.3 is 14.8 Å². The Morgan fingerprint density at radius 2 is 1.91 bits per heavy atom. The quantitative estimate of drug-likeness (QED) is 0.889. The molecule has 118 valence electrons. The fourth-order valence-corrected chi connectivity index (χ4v) is 2.08. The van der Waals surface area contributed by atoms with Crippen LogP contribution in [0.25, 0.3) is 0 Å². The zero-order valence-corrected chi connectivity index (χ0v) is 12.9. The maximum absolute atomic E-state index is 14.2. The Balaban J connectivity index is 2.22. The van der Waals surface area contributed by atoms with Gasteiger partial charge in [-0.05, 0) is 26.0 Å². The first-order valence-electron chi connectivity index (χ1n) is 6.70. The van der Waals surface area contributed by atoms with E-state index in [4.69, 9.17) is 9.47 Å². The van der Waals surface area contributed by atoms with Crippen LogP contribution in [-0.2, 0) is 0 Å². The lowest BCUT2D eigenvalue weighted by Gasteiger charge is -2.17. The molecule has 0 fully saturated rings. The average Bonchev–Trinajstić information content (AvgIpc) is 2.93. The van der Waals surface area contributed by atoms with E-state index >= 15 is 0 Å². The van der Waals surface area contributed by atoms with Gasteiger partial charge in [0, 0.05) is 17.3 Å². The zero-order chi connectivity index (χ0) is 16.3. The molecule has 2 aromatic rings. The summed E-state index contributed by atoms with van der Waals surface area (Å²) in [6.45, 7) is 3.48. The Hall–Kier alpha value is -2.57. The number of halogens is 1. The maximum atomic E-state index is 14.2. The van der Waals surface area contributed by atoms with Gasteiger partial charge in [-0.1, -0.05) is 0 Å². The lowest BCUT2D eigenvalue weighted by molar-refractivity contribution is 0.0934. The van der Waals surface area contributed by atoms with E-state index in [2.05, 4.69) is 15.5 Å². The molecule has 1 amide bonds. The number of ether oxygens (including phenoxy) is 2. The summed E-state index contributed by atoms with van der Waals surface area (Å²) in [5, 5.41) is 9.25. The first-order valence-corrected chi connectivity index (χ1v) is 6.70. The second-order valence-corrected chi connectivity index (χ2v) is 4.86. The number of rotatable bonds is 5. The van der Waals surface area contributed by atoms with E-state index in [9.17, 15) is 9.18 Å². The van der Waals surface area contributed by atoms with Gasteiger partial charge in [0.25, 0.3) is 5.91 Å². The molecule has 1 aromatic heterocycles. The van der Waals surface area contributed by atoms with Gasteiger partial charge in [-0.3, -0.25) is 9.89 Å². The van der Waals surface area contributed by atoms with E-state index in [1.165, 1.54) is 26.4 Å². The highest BCUT2D eigenvalue weighted by Crippen LogP contribution is 2.32. The number of aromatic nitrogens is 2. The van der Waals surface area contributed by atoms with Crippen LogP contribution in [0.4, 0.5) is 4.39 Å². The van der Waals surface area contributed by atoms with Crippen molar-refractivity contribution in [3.63, 3.8) is 0 Å². The Bertz CT molecular complexity index is 685. The largest absolute Gasteiger partial charge is 0.493 e. The molecule has 0 aliphatic rings. The molecule has 1 aromatic carbocycles. The maximum Gasteiger partial charge on any atom is 0.272 e. The fraction of sp³-hybridized carbons (Fsp3) is 0.333. The second-order valence-electron chi connectivity index (χ2n) is 4.86. The summed E-state index contributed by atoms with van der Waals surface area (Å²) in [5.41, 5.74) is 1.33. The molecule has 0 spiro atoms.